The molecule has 0 spiro atoms. The Bertz CT molecular complexity index is 1060. The number of benzene rings is 2. The lowest BCUT2D eigenvalue weighted by molar-refractivity contribution is -0.132. The van der Waals surface area contributed by atoms with Crippen LogP contribution in [0.2, 0.25) is 0 Å². The van der Waals surface area contributed by atoms with Crippen LogP contribution in [0.25, 0.3) is 0 Å². The lowest BCUT2D eigenvalue weighted by Crippen LogP contribution is -2.51. The number of likely N-dealkylation sites (N-methyl/N-ethyl adjacent to an activating group) is 1. The Balaban J connectivity index is 1.71. The van der Waals surface area contributed by atoms with E-state index in [-0.39, 0.29) is 17.3 Å². The summed E-state index contributed by atoms with van der Waals surface area (Å²) >= 11 is 0. The summed E-state index contributed by atoms with van der Waals surface area (Å²) in [6, 6.07) is 17.6. The first-order valence-electron chi connectivity index (χ1n) is 10.4. The van der Waals surface area contributed by atoms with E-state index in [9.17, 15) is 18.5 Å². The Morgan fingerprint density at radius 2 is 1.74 bits per heavy atom. The number of hydrogen-bond donors (Lipinski definition) is 1. The van der Waals surface area contributed by atoms with E-state index in [1.807, 2.05) is 6.07 Å². The van der Waals surface area contributed by atoms with Crippen molar-refractivity contribution in [2.75, 3.05) is 30.3 Å². The van der Waals surface area contributed by atoms with Gasteiger partial charge in [0.15, 0.2) is 0 Å². The molecule has 31 heavy (non-hydrogen) atoms. The van der Waals surface area contributed by atoms with Crippen molar-refractivity contribution < 1.29 is 13.2 Å². The molecule has 0 aliphatic heterocycles. The predicted octanol–water partition coefficient (Wildman–Crippen LogP) is 3.61. The Hall–Kier alpha value is -3.05. The molecule has 2 aromatic rings. The minimum atomic E-state index is -3.75. The third-order valence-corrected chi connectivity index (χ3v) is 7.74. The van der Waals surface area contributed by atoms with Crippen molar-refractivity contribution in [3.8, 4) is 6.07 Å². The molecule has 1 N–H and O–H groups in total. The molecular weight excluding hydrogens is 412 g/mol. The first-order valence-corrected chi connectivity index (χ1v) is 11.8. The van der Waals surface area contributed by atoms with Gasteiger partial charge in [0.1, 0.15) is 5.54 Å². The average molecular weight is 441 g/mol. The maximum atomic E-state index is 13.0. The number of nitriles is 1. The van der Waals surface area contributed by atoms with Crippen LogP contribution in [0.15, 0.2) is 59.5 Å². The van der Waals surface area contributed by atoms with Gasteiger partial charge in [0.05, 0.1) is 23.2 Å². The molecule has 0 heterocycles. The van der Waals surface area contributed by atoms with Gasteiger partial charge in [-0.2, -0.15) is 5.26 Å². The van der Waals surface area contributed by atoms with Crippen molar-refractivity contribution >= 4 is 27.3 Å². The average Bonchev–Trinajstić information content (AvgIpc) is 2.82. The van der Waals surface area contributed by atoms with Crippen LogP contribution in [0.1, 0.15) is 32.1 Å². The lowest BCUT2D eigenvalue weighted by atomic mass is 9.81. The van der Waals surface area contributed by atoms with Crippen LogP contribution in [0.5, 0.6) is 0 Å². The molecule has 0 bridgehead atoms. The number of nitrogens with one attached hydrogen (secondary N) is 1. The largest absolute Gasteiger partial charge is 0.376 e. The van der Waals surface area contributed by atoms with Crippen LogP contribution >= 0.6 is 0 Å². The zero-order valence-electron chi connectivity index (χ0n) is 17.9. The van der Waals surface area contributed by atoms with Crippen molar-refractivity contribution in [2.24, 2.45) is 0 Å². The van der Waals surface area contributed by atoms with E-state index in [1.165, 1.54) is 23.5 Å². The summed E-state index contributed by atoms with van der Waals surface area (Å²) in [6.07, 6.45) is 4.33. The Kier molecular flexibility index (Phi) is 6.86. The highest BCUT2D eigenvalue weighted by atomic mass is 32.2. The summed E-state index contributed by atoms with van der Waals surface area (Å²) in [4.78, 5) is 14.4. The molecule has 0 aromatic heterocycles. The van der Waals surface area contributed by atoms with Crippen LogP contribution in [0.3, 0.4) is 0 Å². The number of anilines is 2. The van der Waals surface area contributed by atoms with Crippen molar-refractivity contribution in [2.45, 2.75) is 42.5 Å². The molecule has 0 unspecified atom stereocenters. The third-order valence-electron chi connectivity index (χ3n) is 5.96. The van der Waals surface area contributed by atoms with Crippen molar-refractivity contribution in [1.29, 1.82) is 5.26 Å². The van der Waals surface area contributed by atoms with E-state index < -0.39 is 15.6 Å². The summed E-state index contributed by atoms with van der Waals surface area (Å²) in [7, 11) is -0.562. The summed E-state index contributed by atoms with van der Waals surface area (Å²) in [5.41, 5.74) is 0.339. The highest BCUT2D eigenvalue weighted by Gasteiger charge is 2.38. The fraction of sp³-hybridized carbons (Fsp3) is 0.391. The quantitative estimate of drug-likeness (QED) is 0.710. The number of hydrogen-bond acceptors (Lipinski definition) is 5. The van der Waals surface area contributed by atoms with Gasteiger partial charge < -0.3 is 10.2 Å². The van der Waals surface area contributed by atoms with Gasteiger partial charge in [-0.15, -0.1) is 0 Å². The van der Waals surface area contributed by atoms with Gasteiger partial charge in [0, 0.05) is 19.8 Å². The molecule has 0 atom stereocenters. The van der Waals surface area contributed by atoms with Crippen LogP contribution in [0.4, 0.5) is 11.4 Å². The minimum absolute atomic E-state index is 0.0159. The van der Waals surface area contributed by atoms with Gasteiger partial charge >= 0.3 is 0 Å². The number of rotatable bonds is 7. The number of carbonyl (C=O) groups excluding carboxylic acids is 1. The Labute approximate surface area is 184 Å². The van der Waals surface area contributed by atoms with E-state index in [4.69, 9.17) is 0 Å². The zero-order valence-corrected chi connectivity index (χ0v) is 18.7. The standard InChI is InChI=1S/C23H28N4O3S/c1-26(23(18-24)14-7-4-8-15-23)22(28)17-25-19-10-9-13-21(16-19)31(29,30)27(2)20-11-5-3-6-12-20/h3,5-6,9-13,16,25H,4,7-8,14-15,17H2,1-2H3. The Morgan fingerprint density at radius 1 is 1.06 bits per heavy atom. The molecule has 1 aliphatic rings. The molecule has 7 nitrogen and oxygen atoms in total. The molecule has 1 aliphatic carbocycles. The van der Waals surface area contributed by atoms with Gasteiger partial charge in [-0.25, -0.2) is 8.42 Å². The second-order valence-corrected chi connectivity index (χ2v) is 9.82. The highest BCUT2D eigenvalue weighted by Crippen LogP contribution is 2.32. The maximum Gasteiger partial charge on any atom is 0.264 e. The minimum Gasteiger partial charge on any atom is -0.376 e. The van der Waals surface area contributed by atoms with E-state index in [2.05, 4.69) is 11.4 Å². The van der Waals surface area contributed by atoms with Crippen molar-refractivity contribution in [3.63, 3.8) is 0 Å². The molecule has 1 amide bonds. The Morgan fingerprint density at radius 3 is 2.39 bits per heavy atom. The van der Waals surface area contributed by atoms with Crippen LogP contribution in [-0.2, 0) is 14.8 Å². The number of sulfonamides is 1. The van der Waals surface area contributed by atoms with Crippen LogP contribution in [-0.4, -0.2) is 45.4 Å². The van der Waals surface area contributed by atoms with E-state index in [0.717, 1.165) is 19.3 Å². The SMILES string of the molecule is CN(C(=O)CNc1cccc(S(=O)(=O)N(C)c2ccccc2)c1)C1(C#N)CCCCC1. The number of amides is 1. The second kappa shape index (κ2) is 9.40. The summed E-state index contributed by atoms with van der Waals surface area (Å²) < 4.78 is 27.2. The molecule has 0 radical (unpaired) electrons. The first kappa shape index (κ1) is 22.6. The molecule has 1 fully saturated rings. The van der Waals surface area contributed by atoms with Crippen LogP contribution in [0, 0.1) is 11.3 Å². The fourth-order valence-corrected chi connectivity index (χ4v) is 5.14. The fourth-order valence-electron chi connectivity index (χ4n) is 3.90. The monoisotopic (exact) mass is 440 g/mol. The van der Waals surface area contributed by atoms with Crippen molar-refractivity contribution in [1.82, 2.24) is 4.90 Å². The number of nitrogens with zero attached hydrogens (tertiary/aromatic N) is 3. The van der Waals surface area contributed by atoms with Crippen molar-refractivity contribution in [3.05, 3.63) is 54.6 Å². The first-order chi connectivity index (χ1) is 14.8. The van der Waals surface area contributed by atoms with Gasteiger partial charge in [0.25, 0.3) is 10.0 Å². The maximum absolute atomic E-state index is 13.0. The van der Waals surface area contributed by atoms with Gasteiger partial charge in [0.2, 0.25) is 5.91 Å². The second-order valence-electron chi connectivity index (χ2n) is 7.85. The molecule has 164 valence electrons. The summed E-state index contributed by atoms with van der Waals surface area (Å²) in [5, 5.41) is 12.7. The molecule has 2 aromatic carbocycles. The molecule has 0 saturated heterocycles. The predicted molar refractivity (Wildman–Crippen MR) is 121 cm³/mol. The highest BCUT2D eigenvalue weighted by molar-refractivity contribution is 7.92. The summed E-state index contributed by atoms with van der Waals surface area (Å²) in [5.74, 6) is -0.196. The topological polar surface area (TPSA) is 93.5 Å². The molecule has 3 rings (SSSR count). The van der Waals surface area contributed by atoms with E-state index in [0.29, 0.717) is 24.2 Å². The number of para-hydroxylation sites is 1. The van der Waals surface area contributed by atoms with Crippen LogP contribution < -0.4 is 9.62 Å². The lowest BCUT2D eigenvalue weighted by Gasteiger charge is -2.39. The molecular formula is C23H28N4O3S. The van der Waals surface area contributed by atoms with Gasteiger partial charge in [-0.05, 0) is 43.2 Å². The smallest absolute Gasteiger partial charge is 0.264 e. The van der Waals surface area contributed by atoms with E-state index in [1.54, 1.807) is 48.3 Å². The third kappa shape index (κ3) is 4.83. The van der Waals surface area contributed by atoms with E-state index >= 15 is 0 Å². The summed E-state index contributed by atoms with van der Waals surface area (Å²) in [6.45, 7) is -0.0159. The van der Waals surface area contributed by atoms with Gasteiger partial charge in [-0.3, -0.25) is 9.10 Å². The number of carbonyl (C=O) groups is 1. The molecule has 8 heteroatoms. The zero-order chi connectivity index (χ0) is 22.5. The molecule has 1 saturated carbocycles. The van der Waals surface area contributed by atoms with Gasteiger partial charge in [-0.1, -0.05) is 43.5 Å². The normalized spacial score (nSPS) is 15.5.